The maximum atomic E-state index is 2.49. The number of nitrogens with zero attached hydrogens (tertiary/aromatic N) is 1. The second-order valence-corrected chi connectivity index (χ2v) is 4.74. The second-order valence-electron chi connectivity index (χ2n) is 4.74. The van der Waals surface area contributed by atoms with Crippen LogP contribution in [0, 0.1) is 0 Å². The standard InChI is InChI=1S/C14H19N/c1-4-14(2,3)15-11-7-9-12-8-5-6-10-13(12)15/h5-10H,4,11H2,1-3H3. The van der Waals surface area contributed by atoms with E-state index < -0.39 is 0 Å². The highest BCUT2D eigenvalue weighted by molar-refractivity contribution is 5.72. The van der Waals surface area contributed by atoms with E-state index in [0.717, 1.165) is 13.0 Å². The lowest BCUT2D eigenvalue weighted by molar-refractivity contribution is 0.457. The molecule has 0 fully saturated rings. The van der Waals surface area contributed by atoms with Crippen LogP contribution in [0.5, 0.6) is 0 Å². The molecule has 1 heterocycles. The molecule has 1 aliphatic heterocycles. The first-order chi connectivity index (χ1) is 7.15. The SMILES string of the molecule is CCC(C)(C)N1CC=Cc2ccccc21. The number of fused-ring (bicyclic) bond motifs is 1. The summed E-state index contributed by atoms with van der Waals surface area (Å²) in [5.41, 5.74) is 2.94. The third kappa shape index (κ3) is 1.79. The highest BCUT2D eigenvalue weighted by Gasteiger charge is 2.26. The minimum Gasteiger partial charge on any atom is -0.362 e. The van der Waals surface area contributed by atoms with Crippen LogP contribution in [0.4, 0.5) is 5.69 Å². The Morgan fingerprint density at radius 1 is 1.27 bits per heavy atom. The van der Waals surface area contributed by atoms with E-state index in [1.165, 1.54) is 11.3 Å². The van der Waals surface area contributed by atoms with Crippen molar-refractivity contribution in [3.63, 3.8) is 0 Å². The Bertz CT molecular complexity index is 377. The van der Waals surface area contributed by atoms with E-state index >= 15 is 0 Å². The number of anilines is 1. The highest BCUT2D eigenvalue weighted by Crippen LogP contribution is 2.32. The molecule has 0 aromatic heterocycles. The van der Waals surface area contributed by atoms with E-state index in [2.05, 4.69) is 62.1 Å². The van der Waals surface area contributed by atoms with Crippen LogP contribution < -0.4 is 4.90 Å². The molecule has 1 aromatic rings. The van der Waals surface area contributed by atoms with E-state index in [4.69, 9.17) is 0 Å². The van der Waals surface area contributed by atoms with Crippen LogP contribution in [0.15, 0.2) is 30.3 Å². The van der Waals surface area contributed by atoms with Gasteiger partial charge >= 0.3 is 0 Å². The quantitative estimate of drug-likeness (QED) is 0.705. The number of rotatable bonds is 2. The van der Waals surface area contributed by atoms with Gasteiger partial charge in [0, 0.05) is 17.8 Å². The maximum Gasteiger partial charge on any atom is 0.0446 e. The van der Waals surface area contributed by atoms with Gasteiger partial charge in [0.1, 0.15) is 0 Å². The summed E-state index contributed by atoms with van der Waals surface area (Å²) in [5.74, 6) is 0. The lowest BCUT2D eigenvalue weighted by Gasteiger charge is -2.41. The normalized spacial score (nSPS) is 15.3. The zero-order valence-electron chi connectivity index (χ0n) is 9.83. The summed E-state index contributed by atoms with van der Waals surface area (Å²) >= 11 is 0. The summed E-state index contributed by atoms with van der Waals surface area (Å²) in [7, 11) is 0. The van der Waals surface area contributed by atoms with Crippen LogP contribution in [-0.4, -0.2) is 12.1 Å². The van der Waals surface area contributed by atoms with Crippen molar-refractivity contribution in [3.8, 4) is 0 Å². The second kappa shape index (κ2) is 3.73. The van der Waals surface area contributed by atoms with E-state index in [1.54, 1.807) is 0 Å². The van der Waals surface area contributed by atoms with Gasteiger partial charge in [0.05, 0.1) is 0 Å². The molecule has 1 nitrogen and oxygen atoms in total. The maximum absolute atomic E-state index is 2.49. The summed E-state index contributed by atoms with van der Waals surface area (Å²) in [6.07, 6.45) is 5.63. The summed E-state index contributed by atoms with van der Waals surface area (Å²) < 4.78 is 0. The van der Waals surface area contributed by atoms with Crippen molar-refractivity contribution in [2.24, 2.45) is 0 Å². The van der Waals surface area contributed by atoms with Crippen LogP contribution in [-0.2, 0) is 0 Å². The first kappa shape index (κ1) is 10.3. The van der Waals surface area contributed by atoms with Gasteiger partial charge in [-0.25, -0.2) is 0 Å². The first-order valence-electron chi connectivity index (χ1n) is 5.68. The van der Waals surface area contributed by atoms with Gasteiger partial charge in [0.15, 0.2) is 0 Å². The molecule has 80 valence electrons. The van der Waals surface area contributed by atoms with Gasteiger partial charge in [-0.2, -0.15) is 0 Å². The van der Waals surface area contributed by atoms with Crippen molar-refractivity contribution in [3.05, 3.63) is 35.9 Å². The predicted molar refractivity (Wildman–Crippen MR) is 67.2 cm³/mol. The van der Waals surface area contributed by atoms with Gasteiger partial charge in [-0.3, -0.25) is 0 Å². The predicted octanol–water partition coefficient (Wildman–Crippen LogP) is 3.71. The Balaban J connectivity index is 2.42. The lowest BCUT2D eigenvalue weighted by Crippen LogP contribution is -2.44. The molecule has 0 aliphatic carbocycles. The van der Waals surface area contributed by atoms with Gasteiger partial charge in [0.2, 0.25) is 0 Å². The minimum atomic E-state index is 0.237. The van der Waals surface area contributed by atoms with E-state index in [0.29, 0.717) is 0 Å². The van der Waals surface area contributed by atoms with E-state index in [9.17, 15) is 0 Å². The summed E-state index contributed by atoms with van der Waals surface area (Å²) in [6.45, 7) is 7.89. The summed E-state index contributed by atoms with van der Waals surface area (Å²) in [5, 5.41) is 0. The molecule has 15 heavy (non-hydrogen) atoms. The Morgan fingerprint density at radius 2 is 2.00 bits per heavy atom. The molecule has 0 saturated heterocycles. The Labute approximate surface area is 92.4 Å². The van der Waals surface area contributed by atoms with Crippen LogP contribution >= 0.6 is 0 Å². The minimum absolute atomic E-state index is 0.237. The van der Waals surface area contributed by atoms with E-state index in [-0.39, 0.29) is 5.54 Å². The third-order valence-electron chi connectivity index (χ3n) is 3.41. The molecule has 0 bridgehead atoms. The molecule has 0 N–H and O–H groups in total. The van der Waals surface area contributed by atoms with Gasteiger partial charge < -0.3 is 4.90 Å². The van der Waals surface area contributed by atoms with Crippen LogP contribution in [0.1, 0.15) is 32.8 Å². The Hall–Kier alpha value is -1.24. The topological polar surface area (TPSA) is 3.24 Å². The molecule has 0 amide bonds. The Morgan fingerprint density at radius 3 is 2.73 bits per heavy atom. The first-order valence-corrected chi connectivity index (χ1v) is 5.68. The fraction of sp³-hybridized carbons (Fsp3) is 0.429. The van der Waals surface area contributed by atoms with Crippen molar-refractivity contribution in [2.75, 3.05) is 11.4 Å². The van der Waals surface area contributed by atoms with Crippen molar-refractivity contribution < 1.29 is 0 Å². The summed E-state index contributed by atoms with van der Waals surface area (Å²) in [6, 6.07) is 8.63. The van der Waals surface area contributed by atoms with Crippen LogP contribution in [0.2, 0.25) is 0 Å². The monoisotopic (exact) mass is 201 g/mol. The zero-order valence-corrected chi connectivity index (χ0v) is 9.83. The number of hydrogen-bond donors (Lipinski definition) is 0. The fourth-order valence-electron chi connectivity index (χ4n) is 2.02. The molecule has 0 spiro atoms. The number of para-hydroxylation sites is 1. The van der Waals surface area contributed by atoms with Gasteiger partial charge in [-0.1, -0.05) is 37.3 Å². The molecule has 0 atom stereocenters. The average molecular weight is 201 g/mol. The van der Waals surface area contributed by atoms with Crippen molar-refractivity contribution >= 4 is 11.8 Å². The molecule has 1 heteroatoms. The number of hydrogen-bond acceptors (Lipinski definition) is 1. The van der Waals surface area contributed by atoms with Crippen LogP contribution in [0.3, 0.4) is 0 Å². The Kier molecular flexibility index (Phi) is 2.56. The fourth-order valence-corrected chi connectivity index (χ4v) is 2.02. The summed E-state index contributed by atoms with van der Waals surface area (Å²) in [4.78, 5) is 2.49. The molecular weight excluding hydrogens is 182 g/mol. The lowest BCUT2D eigenvalue weighted by atomic mass is 9.95. The van der Waals surface area contributed by atoms with Crippen LogP contribution in [0.25, 0.3) is 6.08 Å². The van der Waals surface area contributed by atoms with Crippen molar-refractivity contribution in [1.29, 1.82) is 0 Å². The van der Waals surface area contributed by atoms with E-state index in [1.807, 2.05) is 0 Å². The molecular formula is C14H19N. The molecule has 1 aromatic carbocycles. The highest BCUT2D eigenvalue weighted by atomic mass is 15.2. The third-order valence-corrected chi connectivity index (χ3v) is 3.41. The molecule has 0 saturated carbocycles. The van der Waals surface area contributed by atoms with Gasteiger partial charge in [-0.05, 0) is 31.9 Å². The average Bonchev–Trinajstić information content (AvgIpc) is 2.28. The van der Waals surface area contributed by atoms with Gasteiger partial charge in [-0.15, -0.1) is 0 Å². The van der Waals surface area contributed by atoms with Crippen molar-refractivity contribution in [2.45, 2.75) is 32.7 Å². The van der Waals surface area contributed by atoms with Crippen molar-refractivity contribution in [1.82, 2.24) is 0 Å². The number of benzene rings is 1. The van der Waals surface area contributed by atoms with Gasteiger partial charge in [0.25, 0.3) is 0 Å². The zero-order chi connectivity index (χ0) is 10.9. The molecule has 2 rings (SSSR count). The molecule has 1 aliphatic rings. The molecule has 0 radical (unpaired) electrons. The largest absolute Gasteiger partial charge is 0.362 e. The smallest absolute Gasteiger partial charge is 0.0446 e. The molecule has 0 unspecified atom stereocenters.